The van der Waals surface area contributed by atoms with Crippen molar-refractivity contribution in [3.63, 3.8) is 0 Å². The Morgan fingerprint density at radius 2 is 1.78 bits per heavy atom. The van der Waals surface area contributed by atoms with E-state index in [1.54, 1.807) is 67.8 Å². The van der Waals surface area contributed by atoms with Crippen molar-refractivity contribution in [1.82, 2.24) is 0 Å². The minimum absolute atomic E-state index is 0.0708. The van der Waals surface area contributed by atoms with E-state index in [1.807, 2.05) is 6.07 Å². The van der Waals surface area contributed by atoms with Gasteiger partial charge in [0.25, 0.3) is 5.91 Å². The van der Waals surface area contributed by atoms with Crippen LogP contribution < -0.4 is 14.8 Å². The minimum atomic E-state index is -0.536. The van der Waals surface area contributed by atoms with E-state index in [0.717, 1.165) is 5.56 Å². The first-order valence-electron chi connectivity index (χ1n) is 9.33. The summed E-state index contributed by atoms with van der Waals surface area (Å²) in [5, 5.41) is 13.5. The second-order valence-electron chi connectivity index (χ2n) is 6.57. The average molecular weight is 488 g/mol. The Morgan fingerprint density at radius 1 is 1.03 bits per heavy atom. The molecular formula is C24H17Cl3N2O3. The Hall–Kier alpha value is -3.17. The molecule has 0 aromatic heterocycles. The maximum absolute atomic E-state index is 12.5. The van der Waals surface area contributed by atoms with Gasteiger partial charge in [-0.05, 0) is 60.2 Å². The van der Waals surface area contributed by atoms with Crippen LogP contribution in [0.15, 0.2) is 66.2 Å². The molecule has 0 heterocycles. The summed E-state index contributed by atoms with van der Waals surface area (Å²) in [6.45, 7) is 0.207. The van der Waals surface area contributed by atoms with Crippen molar-refractivity contribution in [3.05, 3.63) is 92.4 Å². The summed E-state index contributed by atoms with van der Waals surface area (Å²) in [7, 11) is 1.55. The molecule has 0 saturated carbocycles. The molecule has 0 unspecified atom stereocenters. The van der Waals surface area contributed by atoms with E-state index in [2.05, 4.69) is 5.32 Å². The van der Waals surface area contributed by atoms with E-state index in [1.165, 1.54) is 6.08 Å². The lowest BCUT2D eigenvalue weighted by atomic mass is 10.1. The fraction of sp³-hybridized carbons (Fsp3) is 0.0833. The van der Waals surface area contributed by atoms with Crippen molar-refractivity contribution >= 4 is 52.5 Å². The van der Waals surface area contributed by atoms with Crippen molar-refractivity contribution in [2.24, 2.45) is 0 Å². The summed E-state index contributed by atoms with van der Waals surface area (Å²) >= 11 is 18.4. The van der Waals surface area contributed by atoms with Gasteiger partial charge in [0.2, 0.25) is 0 Å². The quantitative estimate of drug-likeness (QED) is 0.294. The highest BCUT2D eigenvalue weighted by molar-refractivity contribution is 6.35. The molecule has 0 bridgehead atoms. The van der Waals surface area contributed by atoms with Gasteiger partial charge in [-0.15, -0.1) is 0 Å². The zero-order chi connectivity index (χ0) is 23.1. The fourth-order valence-corrected chi connectivity index (χ4v) is 3.41. The Bertz CT molecular complexity index is 1200. The van der Waals surface area contributed by atoms with Crippen LogP contribution in [0.1, 0.15) is 11.1 Å². The number of hydrogen-bond donors (Lipinski definition) is 1. The number of anilines is 1. The number of nitrogens with one attached hydrogen (secondary N) is 1. The number of nitrogens with zero attached hydrogens (tertiary/aromatic N) is 1. The standard InChI is InChI=1S/C24H17Cl3N2O3/c1-31-20-7-5-19(6-8-20)29-24(30)17(13-28)10-15-2-9-23(22(27)11-15)32-14-16-3-4-18(25)12-21(16)26/h2-12H,14H2,1H3,(H,29,30)/b17-10+. The average Bonchev–Trinajstić information content (AvgIpc) is 2.78. The Labute approximate surface area is 200 Å². The van der Waals surface area contributed by atoms with Crippen LogP contribution >= 0.6 is 34.8 Å². The lowest BCUT2D eigenvalue weighted by Gasteiger charge is -2.10. The number of carbonyl (C=O) groups is 1. The van der Waals surface area contributed by atoms with E-state index < -0.39 is 5.91 Å². The lowest BCUT2D eigenvalue weighted by molar-refractivity contribution is -0.112. The molecule has 0 aliphatic rings. The highest BCUT2D eigenvalue weighted by Gasteiger charge is 2.11. The summed E-state index contributed by atoms with van der Waals surface area (Å²) in [4.78, 5) is 12.5. The summed E-state index contributed by atoms with van der Waals surface area (Å²) in [6.07, 6.45) is 1.45. The summed E-state index contributed by atoms with van der Waals surface area (Å²) < 4.78 is 10.8. The normalized spacial score (nSPS) is 10.9. The maximum atomic E-state index is 12.5. The van der Waals surface area contributed by atoms with Gasteiger partial charge in [0.15, 0.2) is 0 Å². The molecule has 0 fully saturated rings. The highest BCUT2D eigenvalue weighted by atomic mass is 35.5. The van der Waals surface area contributed by atoms with Crippen LogP contribution in [0.3, 0.4) is 0 Å². The largest absolute Gasteiger partial charge is 0.497 e. The monoisotopic (exact) mass is 486 g/mol. The third kappa shape index (κ3) is 6.18. The Kier molecular flexibility index (Phi) is 8.02. The SMILES string of the molecule is COc1ccc(NC(=O)/C(C#N)=C/c2ccc(OCc3ccc(Cl)cc3Cl)c(Cl)c2)cc1. The molecule has 0 saturated heterocycles. The summed E-state index contributed by atoms with van der Waals surface area (Å²) in [6, 6.07) is 18.8. The first kappa shape index (κ1) is 23.5. The van der Waals surface area contributed by atoms with Gasteiger partial charge in [0.1, 0.15) is 29.7 Å². The molecule has 3 rings (SSSR count). The number of halogens is 3. The van der Waals surface area contributed by atoms with Crippen molar-refractivity contribution in [2.45, 2.75) is 6.61 Å². The topological polar surface area (TPSA) is 71.3 Å². The van der Waals surface area contributed by atoms with E-state index in [-0.39, 0.29) is 12.2 Å². The van der Waals surface area contributed by atoms with Crippen LogP contribution in [-0.2, 0) is 11.4 Å². The second kappa shape index (κ2) is 10.9. The molecule has 8 heteroatoms. The van der Waals surface area contributed by atoms with Crippen molar-refractivity contribution < 1.29 is 14.3 Å². The van der Waals surface area contributed by atoms with Gasteiger partial charge in [-0.1, -0.05) is 46.9 Å². The van der Waals surface area contributed by atoms with Crippen LogP contribution in [0.2, 0.25) is 15.1 Å². The molecule has 3 aromatic carbocycles. The van der Waals surface area contributed by atoms with Gasteiger partial charge in [0.05, 0.1) is 12.1 Å². The first-order valence-corrected chi connectivity index (χ1v) is 10.5. The third-order valence-electron chi connectivity index (χ3n) is 4.38. The molecule has 1 N–H and O–H groups in total. The second-order valence-corrected chi connectivity index (χ2v) is 7.82. The smallest absolute Gasteiger partial charge is 0.266 e. The molecule has 0 radical (unpaired) electrons. The zero-order valence-electron chi connectivity index (χ0n) is 16.9. The van der Waals surface area contributed by atoms with Crippen LogP contribution in [0.4, 0.5) is 5.69 Å². The molecule has 3 aromatic rings. The van der Waals surface area contributed by atoms with Crippen LogP contribution in [0.5, 0.6) is 11.5 Å². The van der Waals surface area contributed by atoms with Gasteiger partial charge >= 0.3 is 0 Å². The molecule has 0 spiro atoms. The van der Waals surface area contributed by atoms with Crippen LogP contribution in [-0.4, -0.2) is 13.0 Å². The van der Waals surface area contributed by atoms with Crippen molar-refractivity contribution in [2.75, 3.05) is 12.4 Å². The van der Waals surface area contributed by atoms with Crippen molar-refractivity contribution in [1.29, 1.82) is 5.26 Å². The maximum Gasteiger partial charge on any atom is 0.266 e. The van der Waals surface area contributed by atoms with Crippen LogP contribution in [0.25, 0.3) is 6.08 Å². The Balaban J connectivity index is 1.70. The number of carbonyl (C=O) groups excluding carboxylic acids is 1. The molecule has 0 atom stereocenters. The van der Waals surface area contributed by atoms with E-state index in [9.17, 15) is 10.1 Å². The molecule has 162 valence electrons. The first-order chi connectivity index (χ1) is 15.4. The summed E-state index contributed by atoms with van der Waals surface area (Å²) in [5.41, 5.74) is 1.81. The lowest BCUT2D eigenvalue weighted by Crippen LogP contribution is -2.13. The molecular weight excluding hydrogens is 471 g/mol. The third-order valence-corrected chi connectivity index (χ3v) is 5.26. The van der Waals surface area contributed by atoms with Gasteiger partial charge in [-0.25, -0.2) is 0 Å². The number of methoxy groups -OCH3 is 1. The predicted octanol–water partition coefficient (Wildman–Crippen LogP) is 6.78. The minimum Gasteiger partial charge on any atom is -0.497 e. The van der Waals surface area contributed by atoms with E-state index >= 15 is 0 Å². The number of rotatable bonds is 7. The van der Waals surface area contributed by atoms with E-state index in [0.29, 0.717) is 37.8 Å². The molecule has 5 nitrogen and oxygen atoms in total. The number of benzene rings is 3. The zero-order valence-corrected chi connectivity index (χ0v) is 19.1. The van der Waals surface area contributed by atoms with Crippen LogP contribution in [0, 0.1) is 11.3 Å². The van der Waals surface area contributed by atoms with Gasteiger partial charge < -0.3 is 14.8 Å². The highest BCUT2D eigenvalue weighted by Crippen LogP contribution is 2.29. The number of ether oxygens (including phenoxy) is 2. The van der Waals surface area contributed by atoms with E-state index in [4.69, 9.17) is 44.3 Å². The van der Waals surface area contributed by atoms with Gasteiger partial charge in [-0.3, -0.25) is 4.79 Å². The Morgan fingerprint density at radius 3 is 2.41 bits per heavy atom. The fourth-order valence-electron chi connectivity index (χ4n) is 2.71. The number of amides is 1. The number of nitriles is 1. The molecule has 1 amide bonds. The molecule has 32 heavy (non-hydrogen) atoms. The predicted molar refractivity (Wildman–Crippen MR) is 127 cm³/mol. The van der Waals surface area contributed by atoms with Gasteiger partial charge in [0, 0.05) is 21.3 Å². The molecule has 0 aliphatic carbocycles. The van der Waals surface area contributed by atoms with Gasteiger partial charge in [-0.2, -0.15) is 5.26 Å². The summed E-state index contributed by atoms with van der Waals surface area (Å²) in [5.74, 6) is 0.567. The van der Waals surface area contributed by atoms with Crippen molar-refractivity contribution in [3.8, 4) is 17.6 Å². The molecule has 0 aliphatic heterocycles. The number of hydrogen-bond acceptors (Lipinski definition) is 4.